The fourth-order valence-electron chi connectivity index (χ4n) is 2.96. The number of hydrogen-bond donors (Lipinski definition) is 1. The maximum atomic E-state index is 12.6. The van der Waals surface area contributed by atoms with Gasteiger partial charge < -0.3 is 14.5 Å². The molecule has 0 saturated heterocycles. The number of carbonyl (C=O) groups excluding carboxylic acids is 1. The fraction of sp³-hybridized carbons (Fsp3) is 0.0435. The van der Waals surface area contributed by atoms with Gasteiger partial charge in [-0.3, -0.25) is 14.9 Å². The van der Waals surface area contributed by atoms with Gasteiger partial charge in [-0.1, -0.05) is 30.3 Å². The number of benzene rings is 3. The molecule has 3 aromatic carbocycles. The lowest BCUT2D eigenvalue weighted by molar-refractivity contribution is -0.384. The average Bonchev–Trinajstić information content (AvgIpc) is 2.78. The van der Waals surface area contributed by atoms with Crippen LogP contribution in [0.2, 0.25) is 0 Å². The second-order valence-electron chi connectivity index (χ2n) is 6.68. The largest absolute Gasteiger partial charge is 0.489 e. The number of carbonyl (C=O) groups is 1. The number of hydrogen-bond acceptors (Lipinski definition) is 6. The van der Waals surface area contributed by atoms with Crippen molar-refractivity contribution in [3.05, 3.63) is 111 Å². The summed E-state index contributed by atoms with van der Waals surface area (Å²) in [4.78, 5) is 35.1. The number of fused-ring (bicyclic) bond motifs is 1. The number of ether oxygens (including phenoxy) is 1. The molecule has 154 valence electrons. The zero-order valence-corrected chi connectivity index (χ0v) is 16.1. The van der Waals surface area contributed by atoms with Crippen molar-refractivity contribution in [2.45, 2.75) is 6.61 Å². The highest BCUT2D eigenvalue weighted by molar-refractivity contribution is 6.05. The first-order valence-corrected chi connectivity index (χ1v) is 9.30. The summed E-state index contributed by atoms with van der Waals surface area (Å²) in [6.45, 7) is 0.414. The van der Waals surface area contributed by atoms with E-state index in [9.17, 15) is 19.7 Å². The third-order valence-electron chi connectivity index (χ3n) is 4.53. The number of amides is 1. The molecule has 8 nitrogen and oxygen atoms in total. The molecule has 1 N–H and O–H groups in total. The molecule has 0 aliphatic rings. The molecule has 1 heterocycles. The quantitative estimate of drug-likeness (QED) is 0.281. The van der Waals surface area contributed by atoms with Gasteiger partial charge in [-0.25, -0.2) is 4.79 Å². The Kier molecular flexibility index (Phi) is 5.44. The summed E-state index contributed by atoms with van der Waals surface area (Å²) >= 11 is 0. The predicted molar refractivity (Wildman–Crippen MR) is 114 cm³/mol. The maximum Gasteiger partial charge on any atom is 0.349 e. The molecule has 0 radical (unpaired) electrons. The van der Waals surface area contributed by atoms with Gasteiger partial charge in [0, 0.05) is 23.2 Å². The topological polar surface area (TPSA) is 112 Å². The Labute approximate surface area is 175 Å². The van der Waals surface area contributed by atoms with Crippen LogP contribution in [0.3, 0.4) is 0 Å². The van der Waals surface area contributed by atoms with E-state index in [1.807, 2.05) is 30.3 Å². The molecule has 4 rings (SSSR count). The van der Waals surface area contributed by atoms with Gasteiger partial charge >= 0.3 is 5.63 Å². The Balaban J connectivity index is 1.48. The molecule has 8 heteroatoms. The van der Waals surface area contributed by atoms with Gasteiger partial charge in [-0.05, 0) is 42.0 Å². The van der Waals surface area contributed by atoms with Crippen LogP contribution in [-0.4, -0.2) is 10.8 Å². The monoisotopic (exact) mass is 416 g/mol. The molecular weight excluding hydrogens is 400 g/mol. The Bertz CT molecular complexity index is 1310. The SMILES string of the molecule is O=C(Nc1ccc(OCc2ccccc2)cc1)c1cc2cc([N+](=O)[O-])ccc2oc1=O. The van der Waals surface area contributed by atoms with Crippen LogP contribution in [-0.2, 0) is 6.61 Å². The minimum absolute atomic E-state index is 0.159. The van der Waals surface area contributed by atoms with Crippen LogP contribution in [0, 0.1) is 10.1 Å². The fourth-order valence-corrected chi connectivity index (χ4v) is 2.96. The summed E-state index contributed by atoms with van der Waals surface area (Å²) in [7, 11) is 0. The highest BCUT2D eigenvalue weighted by atomic mass is 16.6. The van der Waals surface area contributed by atoms with E-state index in [1.165, 1.54) is 24.3 Å². The lowest BCUT2D eigenvalue weighted by Crippen LogP contribution is -2.20. The van der Waals surface area contributed by atoms with Gasteiger partial charge in [0.05, 0.1) is 4.92 Å². The smallest absolute Gasteiger partial charge is 0.349 e. The van der Waals surface area contributed by atoms with Gasteiger partial charge in [0.25, 0.3) is 11.6 Å². The van der Waals surface area contributed by atoms with Crippen molar-refractivity contribution in [3.8, 4) is 5.75 Å². The van der Waals surface area contributed by atoms with Crippen LogP contribution in [0.5, 0.6) is 5.75 Å². The van der Waals surface area contributed by atoms with E-state index < -0.39 is 16.5 Å². The number of nitro groups is 1. The van der Waals surface area contributed by atoms with E-state index in [4.69, 9.17) is 9.15 Å². The van der Waals surface area contributed by atoms with E-state index in [0.717, 1.165) is 5.56 Å². The number of anilines is 1. The first-order valence-electron chi connectivity index (χ1n) is 9.30. The molecular formula is C23H16N2O6. The molecule has 0 aliphatic heterocycles. The van der Waals surface area contributed by atoms with Crippen molar-refractivity contribution in [2.24, 2.45) is 0 Å². The third-order valence-corrected chi connectivity index (χ3v) is 4.53. The van der Waals surface area contributed by atoms with Crippen LogP contribution in [0.1, 0.15) is 15.9 Å². The second-order valence-corrected chi connectivity index (χ2v) is 6.68. The van der Waals surface area contributed by atoms with Crippen LogP contribution < -0.4 is 15.7 Å². The number of nitro benzene ring substituents is 1. The van der Waals surface area contributed by atoms with Gasteiger partial charge in [-0.15, -0.1) is 0 Å². The van der Waals surface area contributed by atoms with Gasteiger partial charge in [0.2, 0.25) is 0 Å². The molecule has 0 atom stereocenters. The van der Waals surface area contributed by atoms with E-state index >= 15 is 0 Å². The number of rotatable bonds is 6. The third kappa shape index (κ3) is 4.59. The standard InChI is InChI=1S/C23H16N2O6/c26-22(20-13-16-12-18(25(28)29)8-11-21(16)31-23(20)27)24-17-6-9-19(10-7-17)30-14-15-4-2-1-3-5-15/h1-13H,14H2,(H,24,26). The zero-order valence-electron chi connectivity index (χ0n) is 16.1. The van der Waals surface area contributed by atoms with E-state index in [2.05, 4.69) is 5.32 Å². The van der Waals surface area contributed by atoms with Crippen LogP contribution in [0.25, 0.3) is 11.0 Å². The second kappa shape index (κ2) is 8.50. The summed E-state index contributed by atoms with van der Waals surface area (Å²) in [6.07, 6.45) is 0. The lowest BCUT2D eigenvalue weighted by Gasteiger charge is -2.08. The van der Waals surface area contributed by atoms with Crippen molar-refractivity contribution in [1.82, 2.24) is 0 Å². The van der Waals surface area contributed by atoms with Crippen LogP contribution in [0.15, 0.2) is 88.1 Å². The lowest BCUT2D eigenvalue weighted by atomic mass is 10.1. The van der Waals surface area contributed by atoms with Gasteiger partial charge in [-0.2, -0.15) is 0 Å². The van der Waals surface area contributed by atoms with E-state index in [-0.39, 0.29) is 22.2 Å². The van der Waals surface area contributed by atoms with E-state index in [1.54, 1.807) is 24.3 Å². The van der Waals surface area contributed by atoms with Crippen molar-refractivity contribution in [3.63, 3.8) is 0 Å². The molecule has 4 aromatic rings. The van der Waals surface area contributed by atoms with E-state index in [0.29, 0.717) is 18.0 Å². The number of nitrogens with zero attached hydrogens (tertiary/aromatic N) is 1. The average molecular weight is 416 g/mol. The van der Waals surface area contributed by atoms with Crippen molar-refractivity contribution in [1.29, 1.82) is 0 Å². The van der Waals surface area contributed by atoms with Gasteiger partial charge in [0.1, 0.15) is 23.5 Å². The Morgan fingerprint density at radius 2 is 1.74 bits per heavy atom. The highest BCUT2D eigenvalue weighted by Crippen LogP contribution is 2.21. The Hall–Kier alpha value is -4.46. The molecule has 0 spiro atoms. The minimum atomic E-state index is -0.832. The summed E-state index contributed by atoms with van der Waals surface area (Å²) in [5.41, 5.74) is 0.392. The molecule has 1 amide bonds. The molecule has 0 bridgehead atoms. The molecule has 0 fully saturated rings. The van der Waals surface area contributed by atoms with Crippen molar-refractivity contribution in [2.75, 3.05) is 5.32 Å². The first kappa shape index (κ1) is 19.8. The summed E-state index contributed by atoms with van der Waals surface area (Å²) in [5.74, 6) is -0.0560. The molecule has 0 saturated carbocycles. The highest BCUT2D eigenvalue weighted by Gasteiger charge is 2.16. The molecule has 31 heavy (non-hydrogen) atoms. The minimum Gasteiger partial charge on any atom is -0.489 e. The maximum absolute atomic E-state index is 12.6. The summed E-state index contributed by atoms with van der Waals surface area (Å²) < 4.78 is 10.8. The Morgan fingerprint density at radius 3 is 2.45 bits per heavy atom. The number of nitrogens with one attached hydrogen (secondary N) is 1. The first-order chi connectivity index (χ1) is 15.0. The van der Waals surface area contributed by atoms with Crippen molar-refractivity contribution < 1.29 is 18.9 Å². The van der Waals surface area contributed by atoms with Crippen molar-refractivity contribution >= 4 is 28.3 Å². The van der Waals surface area contributed by atoms with Crippen LogP contribution in [0.4, 0.5) is 11.4 Å². The van der Waals surface area contributed by atoms with Gasteiger partial charge in [0.15, 0.2) is 0 Å². The molecule has 0 unspecified atom stereocenters. The van der Waals surface area contributed by atoms with Crippen LogP contribution >= 0.6 is 0 Å². The number of non-ortho nitro benzene ring substituents is 1. The Morgan fingerprint density at radius 1 is 1.00 bits per heavy atom. The summed E-state index contributed by atoms with van der Waals surface area (Å²) in [5, 5.41) is 13.8. The molecule has 1 aromatic heterocycles. The zero-order chi connectivity index (χ0) is 21.8. The molecule has 0 aliphatic carbocycles. The summed E-state index contributed by atoms with van der Waals surface area (Å²) in [6, 6.07) is 21.5. The predicted octanol–water partition coefficient (Wildman–Crippen LogP) is 4.53. The normalized spacial score (nSPS) is 10.6.